The Kier molecular flexibility index (Phi) is 3.21. The van der Waals surface area contributed by atoms with E-state index >= 15 is 0 Å². The number of hydrogen-bond acceptors (Lipinski definition) is 5. The summed E-state index contributed by atoms with van der Waals surface area (Å²) in [6.45, 7) is 0. The Morgan fingerprint density at radius 3 is 2.62 bits per heavy atom. The Morgan fingerprint density at radius 2 is 2.04 bits per heavy atom. The number of aryl methyl sites for hydroxylation is 1. The highest BCUT2D eigenvalue weighted by atomic mass is 32.2. The molecule has 2 heterocycles. The summed E-state index contributed by atoms with van der Waals surface area (Å²) in [5.74, 6) is -1.85. The normalized spacial score (nSPS) is 23.0. The van der Waals surface area contributed by atoms with Gasteiger partial charge < -0.3 is 0 Å². The summed E-state index contributed by atoms with van der Waals surface area (Å²) in [6, 6.07) is 0.126. The maximum absolute atomic E-state index is 13.1. The molecule has 0 aliphatic heterocycles. The Hall–Kier alpha value is -2.04. The predicted molar refractivity (Wildman–Crippen MR) is 79.2 cm³/mol. The fourth-order valence-electron chi connectivity index (χ4n) is 2.63. The van der Waals surface area contributed by atoms with Gasteiger partial charge >= 0.3 is 0 Å². The third kappa shape index (κ3) is 2.56. The van der Waals surface area contributed by atoms with Crippen molar-refractivity contribution in [3.8, 4) is 0 Å². The summed E-state index contributed by atoms with van der Waals surface area (Å²) in [6.07, 6.45) is 4.03. The second kappa shape index (κ2) is 4.98. The van der Waals surface area contributed by atoms with Crippen LogP contribution in [0.3, 0.4) is 0 Å². The Morgan fingerprint density at radius 1 is 1.33 bits per heavy atom. The van der Waals surface area contributed by atoms with Crippen molar-refractivity contribution in [2.24, 2.45) is 7.05 Å². The molecular weight excluding hydrogens is 342 g/mol. The zero-order valence-corrected chi connectivity index (χ0v) is 13.7. The molecule has 0 radical (unpaired) electrons. The Labute approximate surface area is 136 Å². The lowest BCUT2D eigenvalue weighted by molar-refractivity contribution is 0.0981. The second-order valence-corrected chi connectivity index (χ2v) is 7.89. The lowest BCUT2D eigenvalue weighted by Gasteiger charge is -2.21. The number of sulfonamides is 1. The molecular formula is C13H16F2N6O2S. The monoisotopic (exact) mass is 358 g/mol. The van der Waals surface area contributed by atoms with E-state index in [0.717, 1.165) is 23.9 Å². The standard InChI is InChI=1S/C13H16F2N6O2S/c1-20-12(16-11(18-20)8-3-2-4-8)19-24(22,23)10-5-6-21(17-10)9-7-13(9,14)15/h5-6,8-9H,2-4,7H2,1H3,(H,16,18,19). The molecule has 24 heavy (non-hydrogen) atoms. The van der Waals surface area contributed by atoms with E-state index in [1.165, 1.54) is 16.9 Å². The van der Waals surface area contributed by atoms with Gasteiger partial charge in [0.05, 0.1) is 0 Å². The number of rotatable bonds is 5. The summed E-state index contributed by atoms with van der Waals surface area (Å²) in [5, 5.41) is 7.67. The quantitative estimate of drug-likeness (QED) is 0.877. The maximum Gasteiger partial charge on any atom is 0.283 e. The fourth-order valence-corrected chi connectivity index (χ4v) is 3.59. The van der Waals surface area contributed by atoms with Crippen LogP contribution in [0.2, 0.25) is 0 Å². The van der Waals surface area contributed by atoms with Crippen LogP contribution in [0.4, 0.5) is 14.7 Å². The van der Waals surface area contributed by atoms with Crippen molar-refractivity contribution >= 4 is 16.0 Å². The van der Waals surface area contributed by atoms with Gasteiger partial charge in [-0.15, -0.1) is 0 Å². The number of aromatic nitrogens is 5. The van der Waals surface area contributed by atoms with Gasteiger partial charge in [-0.3, -0.25) is 4.68 Å². The molecule has 0 aromatic carbocycles. The number of hydrogen-bond donors (Lipinski definition) is 1. The molecule has 1 atom stereocenters. The summed E-state index contributed by atoms with van der Waals surface area (Å²) >= 11 is 0. The molecule has 2 aromatic rings. The molecule has 8 nitrogen and oxygen atoms in total. The number of halogens is 2. The highest BCUT2D eigenvalue weighted by molar-refractivity contribution is 7.92. The number of alkyl halides is 2. The van der Waals surface area contributed by atoms with E-state index in [-0.39, 0.29) is 23.3 Å². The largest absolute Gasteiger partial charge is 0.283 e. The van der Waals surface area contributed by atoms with Gasteiger partial charge in [0.15, 0.2) is 10.9 Å². The van der Waals surface area contributed by atoms with Crippen LogP contribution >= 0.6 is 0 Å². The minimum atomic E-state index is -4.01. The van der Waals surface area contributed by atoms with E-state index < -0.39 is 22.0 Å². The van der Waals surface area contributed by atoms with Crippen molar-refractivity contribution in [1.29, 1.82) is 0 Å². The smallest absolute Gasteiger partial charge is 0.262 e. The van der Waals surface area contributed by atoms with Gasteiger partial charge in [-0.05, 0) is 18.9 Å². The lowest BCUT2D eigenvalue weighted by atomic mass is 9.85. The van der Waals surface area contributed by atoms with Crippen LogP contribution in [0.15, 0.2) is 17.3 Å². The van der Waals surface area contributed by atoms with E-state index in [0.29, 0.717) is 5.82 Å². The molecule has 0 amide bonds. The van der Waals surface area contributed by atoms with E-state index in [9.17, 15) is 17.2 Å². The molecule has 130 valence electrons. The maximum atomic E-state index is 13.1. The molecule has 2 aliphatic carbocycles. The summed E-state index contributed by atoms with van der Waals surface area (Å²) in [7, 11) is -2.42. The number of anilines is 1. The van der Waals surface area contributed by atoms with Crippen molar-refractivity contribution in [3.63, 3.8) is 0 Å². The first kappa shape index (κ1) is 15.5. The van der Waals surface area contributed by atoms with Gasteiger partial charge in [-0.1, -0.05) is 6.42 Å². The first-order valence-corrected chi connectivity index (χ1v) is 9.11. The fraction of sp³-hybridized carbons (Fsp3) is 0.615. The SMILES string of the molecule is Cn1nc(C2CCC2)nc1NS(=O)(=O)c1ccn(C2CC2(F)F)n1. The Bertz CT molecular complexity index is 886. The van der Waals surface area contributed by atoms with Crippen molar-refractivity contribution in [2.45, 2.75) is 48.6 Å². The average Bonchev–Trinajstić information content (AvgIpc) is 2.80. The van der Waals surface area contributed by atoms with Crippen LogP contribution < -0.4 is 4.72 Å². The molecule has 0 spiro atoms. The van der Waals surface area contributed by atoms with E-state index in [2.05, 4.69) is 19.9 Å². The Balaban J connectivity index is 1.54. The predicted octanol–water partition coefficient (Wildman–Crippen LogP) is 1.66. The van der Waals surface area contributed by atoms with Gasteiger partial charge in [0.2, 0.25) is 5.95 Å². The van der Waals surface area contributed by atoms with Crippen molar-refractivity contribution in [2.75, 3.05) is 4.72 Å². The second-order valence-electron chi connectivity index (χ2n) is 6.27. The van der Waals surface area contributed by atoms with Crippen molar-refractivity contribution < 1.29 is 17.2 Å². The highest BCUT2D eigenvalue weighted by Gasteiger charge is 2.59. The molecule has 1 unspecified atom stereocenters. The van der Waals surface area contributed by atoms with Gasteiger partial charge in [0.25, 0.3) is 15.9 Å². The van der Waals surface area contributed by atoms with Gasteiger partial charge in [0.1, 0.15) is 6.04 Å². The molecule has 1 N–H and O–H groups in total. The zero-order chi connectivity index (χ0) is 17.1. The van der Waals surface area contributed by atoms with Crippen LogP contribution in [0.5, 0.6) is 0 Å². The number of nitrogens with one attached hydrogen (secondary N) is 1. The minimum Gasteiger partial charge on any atom is -0.262 e. The van der Waals surface area contributed by atoms with Gasteiger partial charge in [0, 0.05) is 25.6 Å². The topological polar surface area (TPSA) is 94.7 Å². The summed E-state index contributed by atoms with van der Waals surface area (Å²) in [5.41, 5.74) is 0. The van der Waals surface area contributed by atoms with Crippen LogP contribution in [0.25, 0.3) is 0 Å². The molecule has 0 saturated heterocycles. The van der Waals surface area contributed by atoms with Crippen LogP contribution in [-0.2, 0) is 17.1 Å². The average molecular weight is 358 g/mol. The van der Waals surface area contributed by atoms with Crippen LogP contribution in [0.1, 0.15) is 43.5 Å². The molecule has 0 bridgehead atoms. The third-order valence-electron chi connectivity index (χ3n) is 4.45. The lowest BCUT2D eigenvalue weighted by Crippen LogP contribution is -2.17. The van der Waals surface area contributed by atoms with E-state index in [1.807, 2.05) is 0 Å². The third-order valence-corrected chi connectivity index (χ3v) is 5.67. The molecule has 2 aliphatic rings. The molecule has 2 aromatic heterocycles. The van der Waals surface area contributed by atoms with E-state index in [4.69, 9.17) is 0 Å². The molecule has 11 heteroatoms. The highest BCUT2D eigenvalue weighted by Crippen LogP contribution is 2.52. The van der Waals surface area contributed by atoms with Gasteiger partial charge in [-0.2, -0.15) is 23.6 Å². The van der Waals surface area contributed by atoms with Crippen LogP contribution in [-0.4, -0.2) is 38.9 Å². The number of nitrogens with zero attached hydrogens (tertiary/aromatic N) is 5. The molecule has 2 saturated carbocycles. The van der Waals surface area contributed by atoms with E-state index in [1.54, 1.807) is 7.05 Å². The van der Waals surface area contributed by atoms with Crippen LogP contribution in [0, 0.1) is 0 Å². The van der Waals surface area contributed by atoms with Crippen molar-refractivity contribution in [3.05, 3.63) is 18.1 Å². The summed E-state index contributed by atoms with van der Waals surface area (Å²) < 4.78 is 55.5. The zero-order valence-electron chi connectivity index (χ0n) is 12.9. The molecule has 4 rings (SSSR count). The summed E-state index contributed by atoms with van der Waals surface area (Å²) in [4.78, 5) is 4.23. The van der Waals surface area contributed by atoms with Crippen molar-refractivity contribution in [1.82, 2.24) is 24.5 Å². The van der Waals surface area contributed by atoms with Gasteiger partial charge in [-0.25, -0.2) is 18.2 Å². The first-order valence-electron chi connectivity index (χ1n) is 7.63. The minimum absolute atomic E-state index is 0.0863. The molecule has 2 fully saturated rings. The first-order chi connectivity index (χ1) is 11.3.